The summed E-state index contributed by atoms with van der Waals surface area (Å²) in [5.74, 6) is -0.346. The Balaban J connectivity index is 1.31. The lowest BCUT2D eigenvalue weighted by Crippen LogP contribution is -2.51. The maximum absolute atomic E-state index is 15.3. The fraction of sp³-hybridized carbons (Fsp3) is 0.604. The average Bonchev–Trinajstić information content (AvgIpc) is 3.96. The van der Waals surface area contributed by atoms with E-state index in [1.807, 2.05) is 34.4 Å². The van der Waals surface area contributed by atoms with Crippen molar-refractivity contribution in [2.75, 3.05) is 33.4 Å². The zero-order valence-electron chi connectivity index (χ0n) is 40.0. The fourth-order valence-electron chi connectivity index (χ4n) is 8.50. The number of amides is 2. The van der Waals surface area contributed by atoms with E-state index in [9.17, 15) is 14.4 Å². The number of aryl methyl sites for hydroxylation is 1. The molecule has 3 aliphatic rings. The molecule has 2 unspecified atom stereocenters. The van der Waals surface area contributed by atoms with Gasteiger partial charge in [-0.3, -0.25) is 4.90 Å². The van der Waals surface area contributed by atoms with Crippen molar-refractivity contribution >= 4 is 37.1 Å². The van der Waals surface area contributed by atoms with Crippen molar-refractivity contribution in [3.05, 3.63) is 53.1 Å². The Hall–Kier alpha value is -5.00. The second kappa shape index (κ2) is 19.1. The number of nitrogens with zero attached hydrogens (tertiary/aromatic N) is 6. The molecule has 2 amide bonds. The first-order valence-electron chi connectivity index (χ1n) is 23.0. The summed E-state index contributed by atoms with van der Waals surface area (Å²) in [5.41, 5.74) is 3.67. The lowest BCUT2D eigenvalue weighted by molar-refractivity contribution is -0.155. The molecule has 0 N–H and O–H groups in total. The molecule has 7 rings (SSSR count). The number of carbonyl (C=O) groups excluding carboxylic acids is 3. The Kier molecular flexibility index (Phi) is 14.1. The van der Waals surface area contributed by atoms with Gasteiger partial charge in [-0.25, -0.2) is 28.4 Å². The number of imidazole rings is 1. The number of halogens is 1. The summed E-state index contributed by atoms with van der Waals surface area (Å²) < 4.78 is 54.8. The van der Waals surface area contributed by atoms with Crippen molar-refractivity contribution < 1.29 is 47.2 Å². The molecule has 3 atom stereocenters. The lowest BCUT2D eigenvalue weighted by atomic mass is 9.96. The molecule has 0 bridgehead atoms. The molecule has 4 aromatic rings. The highest BCUT2D eigenvalue weighted by Crippen LogP contribution is 2.39. The first-order valence-corrected chi connectivity index (χ1v) is 26.7. The number of aromatic nitrogens is 4. The summed E-state index contributed by atoms with van der Waals surface area (Å²) in [5, 5.41) is 6.07. The van der Waals surface area contributed by atoms with Crippen LogP contribution >= 0.6 is 0 Å². The molecular weight excluding hydrogens is 852 g/mol. The SMILES string of the molecule is CCc1cc(OC)c(F)cc1-c1ccc2c(-c3nc4c(n3COCC[Si](C)(C)C)CN(C(=O)OC(C)(C)C)C(C(=O)O[C@@H]3CCN(C(=O)OC(C)(C)C)C3)C4)nn(C3CCCCO3)c2c1. The third-order valence-corrected chi connectivity index (χ3v) is 13.6. The zero-order valence-corrected chi connectivity index (χ0v) is 41.0. The van der Waals surface area contributed by atoms with Crippen molar-refractivity contribution in [3.8, 4) is 28.4 Å². The molecular formula is C48H67FN6O9Si. The van der Waals surface area contributed by atoms with Crippen LogP contribution in [0.1, 0.15) is 97.3 Å². The first-order chi connectivity index (χ1) is 30.6. The molecule has 17 heteroatoms. The van der Waals surface area contributed by atoms with Gasteiger partial charge in [-0.1, -0.05) is 32.6 Å². The molecule has 0 spiro atoms. The second-order valence-corrected chi connectivity index (χ2v) is 26.2. The summed E-state index contributed by atoms with van der Waals surface area (Å²) in [4.78, 5) is 49.5. The summed E-state index contributed by atoms with van der Waals surface area (Å²) in [6.45, 7) is 21.4. The maximum Gasteiger partial charge on any atom is 0.411 e. The number of esters is 1. The molecule has 0 radical (unpaired) electrons. The van der Waals surface area contributed by atoms with Crippen molar-refractivity contribution in [2.24, 2.45) is 0 Å². The van der Waals surface area contributed by atoms with Gasteiger partial charge in [-0.05, 0) is 114 Å². The third kappa shape index (κ3) is 11.2. The second-order valence-electron chi connectivity index (χ2n) is 20.6. The van der Waals surface area contributed by atoms with Crippen LogP contribution in [0.4, 0.5) is 14.0 Å². The standard InChI is InChI=1S/C48H67FN6O9Si/c1-12-30-24-40(59-8)35(49)25-34(30)31-16-17-33-37(23-31)55(41-15-13-14-20-61-41)51-42(33)43-50-36-26-38(44(56)62-32-18-19-52(27-32)45(57)63-47(2,3)4)53(46(58)64-48(5,6)7)28-39(36)54(43)29-60-21-22-65(9,10)11/h16-17,23-25,32,38,41H,12-15,18-22,26-29H2,1-11H3/t32-,38?,41?/m1/s1. The van der Waals surface area contributed by atoms with E-state index in [0.717, 1.165) is 52.9 Å². The smallest absolute Gasteiger partial charge is 0.411 e. The number of carbonyl (C=O) groups is 3. The number of hydrogen-bond donors (Lipinski definition) is 0. The van der Waals surface area contributed by atoms with E-state index in [-0.39, 0.29) is 38.2 Å². The van der Waals surface area contributed by atoms with E-state index in [2.05, 4.69) is 19.6 Å². The van der Waals surface area contributed by atoms with Gasteiger partial charge >= 0.3 is 18.2 Å². The van der Waals surface area contributed by atoms with Crippen LogP contribution in [0.3, 0.4) is 0 Å². The van der Waals surface area contributed by atoms with Gasteiger partial charge in [0.25, 0.3) is 0 Å². The quantitative estimate of drug-likeness (QED) is 0.0579. The van der Waals surface area contributed by atoms with Crippen LogP contribution in [-0.4, -0.2) is 112 Å². The number of hydrogen-bond acceptors (Lipinski definition) is 11. The van der Waals surface area contributed by atoms with Crippen LogP contribution in [0.2, 0.25) is 25.7 Å². The van der Waals surface area contributed by atoms with E-state index < -0.39 is 55.4 Å². The van der Waals surface area contributed by atoms with Crippen LogP contribution in [0, 0.1) is 5.82 Å². The molecule has 3 aliphatic heterocycles. The van der Waals surface area contributed by atoms with Crippen molar-refractivity contribution in [1.29, 1.82) is 0 Å². The van der Waals surface area contributed by atoms with Crippen LogP contribution in [0.15, 0.2) is 30.3 Å². The van der Waals surface area contributed by atoms with Crippen LogP contribution in [0.5, 0.6) is 5.75 Å². The van der Waals surface area contributed by atoms with E-state index >= 15 is 4.39 Å². The lowest BCUT2D eigenvalue weighted by Gasteiger charge is -2.35. The van der Waals surface area contributed by atoms with Crippen LogP contribution in [-0.2, 0) is 54.6 Å². The summed E-state index contributed by atoms with van der Waals surface area (Å²) >= 11 is 0. The summed E-state index contributed by atoms with van der Waals surface area (Å²) in [6.07, 6.45) is 1.74. The van der Waals surface area contributed by atoms with Crippen molar-refractivity contribution in [2.45, 2.75) is 156 Å². The van der Waals surface area contributed by atoms with Gasteiger partial charge in [0, 0.05) is 46.1 Å². The van der Waals surface area contributed by atoms with Gasteiger partial charge in [0.15, 0.2) is 23.6 Å². The molecule has 2 aromatic heterocycles. The molecule has 0 saturated carbocycles. The number of ether oxygens (including phenoxy) is 6. The Morgan fingerprint density at radius 1 is 0.969 bits per heavy atom. The highest BCUT2D eigenvalue weighted by Gasteiger charge is 2.43. The topological polar surface area (TPSA) is 149 Å². The molecule has 65 heavy (non-hydrogen) atoms. The number of rotatable bonds is 12. The molecule has 2 saturated heterocycles. The number of benzene rings is 2. The third-order valence-electron chi connectivity index (χ3n) is 11.9. The molecule has 5 heterocycles. The highest BCUT2D eigenvalue weighted by atomic mass is 28.3. The van der Waals surface area contributed by atoms with E-state index in [1.54, 1.807) is 47.6 Å². The highest BCUT2D eigenvalue weighted by molar-refractivity contribution is 6.76. The molecule has 2 fully saturated rings. The van der Waals surface area contributed by atoms with Gasteiger partial charge in [0.05, 0.1) is 37.1 Å². The van der Waals surface area contributed by atoms with Gasteiger partial charge in [-0.2, -0.15) is 5.10 Å². The maximum atomic E-state index is 15.3. The number of methoxy groups -OCH3 is 1. The minimum absolute atomic E-state index is 0.0134. The van der Waals surface area contributed by atoms with Crippen LogP contribution < -0.4 is 4.74 Å². The fourth-order valence-corrected chi connectivity index (χ4v) is 9.25. The average molecular weight is 919 g/mol. The predicted molar refractivity (Wildman–Crippen MR) is 247 cm³/mol. The monoisotopic (exact) mass is 918 g/mol. The Morgan fingerprint density at radius 2 is 1.71 bits per heavy atom. The van der Waals surface area contributed by atoms with Gasteiger partial charge in [-0.15, -0.1) is 0 Å². The van der Waals surface area contributed by atoms with Crippen LogP contribution in [0.25, 0.3) is 33.5 Å². The number of fused-ring (bicyclic) bond motifs is 2. The molecule has 2 aromatic carbocycles. The molecule has 15 nitrogen and oxygen atoms in total. The van der Waals surface area contributed by atoms with E-state index in [4.69, 9.17) is 38.5 Å². The minimum atomic E-state index is -1.45. The first kappa shape index (κ1) is 47.9. The molecule has 354 valence electrons. The van der Waals surface area contributed by atoms with E-state index in [1.165, 1.54) is 23.0 Å². The normalized spacial score (nSPS) is 19.4. The Bertz CT molecular complexity index is 2390. The van der Waals surface area contributed by atoms with Gasteiger partial charge < -0.3 is 37.9 Å². The summed E-state index contributed by atoms with van der Waals surface area (Å²) in [7, 11) is 0.0109. The summed E-state index contributed by atoms with van der Waals surface area (Å²) in [6, 6.07) is 9.15. The number of likely N-dealkylation sites (tertiary alicyclic amines) is 1. The predicted octanol–water partition coefficient (Wildman–Crippen LogP) is 9.50. The largest absolute Gasteiger partial charge is 0.494 e. The van der Waals surface area contributed by atoms with Gasteiger partial charge in [0.1, 0.15) is 35.8 Å². The van der Waals surface area contributed by atoms with Gasteiger partial charge in [0.2, 0.25) is 0 Å². The van der Waals surface area contributed by atoms with Crippen molar-refractivity contribution in [3.63, 3.8) is 0 Å². The minimum Gasteiger partial charge on any atom is -0.494 e. The Labute approximate surface area is 382 Å². The Morgan fingerprint density at radius 3 is 2.37 bits per heavy atom. The molecule has 0 aliphatic carbocycles. The van der Waals surface area contributed by atoms with Crippen molar-refractivity contribution in [1.82, 2.24) is 29.1 Å². The zero-order chi connectivity index (χ0) is 47.0. The van der Waals surface area contributed by atoms with E-state index in [0.29, 0.717) is 55.5 Å².